The number of hydrogen-bond donors (Lipinski definition) is 3. The van der Waals surface area contributed by atoms with E-state index in [-0.39, 0.29) is 11.7 Å². The Morgan fingerprint density at radius 2 is 1.83 bits per heavy atom. The Labute approximate surface area is 171 Å². The van der Waals surface area contributed by atoms with Gasteiger partial charge in [-0.15, -0.1) is 11.8 Å². The normalized spacial score (nSPS) is 10.4. The van der Waals surface area contributed by atoms with E-state index in [2.05, 4.69) is 10.6 Å². The van der Waals surface area contributed by atoms with E-state index >= 15 is 0 Å². The number of anilines is 2. The average Bonchev–Trinajstić information content (AvgIpc) is 2.71. The molecule has 0 saturated carbocycles. The van der Waals surface area contributed by atoms with Crippen LogP contribution in [0.3, 0.4) is 0 Å². The fourth-order valence-electron chi connectivity index (χ4n) is 2.24. The summed E-state index contributed by atoms with van der Waals surface area (Å²) >= 11 is 1.28. The van der Waals surface area contributed by atoms with Crippen molar-refractivity contribution in [2.75, 3.05) is 30.6 Å². The summed E-state index contributed by atoms with van der Waals surface area (Å²) in [5.74, 6) is -0.755. The molecule has 8 nitrogen and oxygen atoms in total. The molecule has 0 radical (unpaired) electrons. The number of carbonyl (C=O) groups excluding carboxylic acids is 2. The smallest absolute Gasteiger partial charge is 0.328 e. The summed E-state index contributed by atoms with van der Waals surface area (Å²) in [6.45, 7) is 0. The summed E-state index contributed by atoms with van der Waals surface area (Å²) in [7, 11) is 3.05. The fourth-order valence-corrected chi connectivity index (χ4v) is 3.00. The van der Waals surface area contributed by atoms with Crippen molar-refractivity contribution in [1.29, 1.82) is 0 Å². The van der Waals surface area contributed by atoms with Gasteiger partial charge in [-0.2, -0.15) is 0 Å². The van der Waals surface area contributed by atoms with Gasteiger partial charge in [-0.3, -0.25) is 9.59 Å². The van der Waals surface area contributed by atoms with Crippen molar-refractivity contribution in [1.82, 2.24) is 0 Å². The zero-order valence-corrected chi connectivity index (χ0v) is 16.6. The molecule has 29 heavy (non-hydrogen) atoms. The Bertz CT molecular complexity index is 929. The van der Waals surface area contributed by atoms with Gasteiger partial charge in [-0.05, 0) is 30.3 Å². The topological polar surface area (TPSA) is 114 Å². The molecule has 0 saturated heterocycles. The molecule has 9 heteroatoms. The number of thioether (sulfide) groups is 1. The number of methoxy groups -OCH3 is 2. The molecular weight excluding hydrogens is 396 g/mol. The summed E-state index contributed by atoms with van der Waals surface area (Å²) in [4.78, 5) is 35.2. The highest BCUT2D eigenvalue weighted by molar-refractivity contribution is 8.00. The Morgan fingerprint density at radius 3 is 2.52 bits per heavy atom. The van der Waals surface area contributed by atoms with Crippen LogP contribution in [-0.4, -0.2) is 42.9 Å². The van der Waals surface area contributed by atoms with Crippen LogP contribution in [-0.2, 0) is 14.4 Å². The number of hydrogen-bond acceptors (Lipinski definition) is 6. The second-order valence-electron chi connectivity index (χ2n) is 5.59. The van der Waals surface area contributed by atoms with Gasteiger partial charge in [0.15, 0.2) is 0 Å². The average molecular weight is 416 g/mol. The van der Waals surface area contributed by atoms with Crippen LogP contribution in [0.4, 0.5) is 11.4 Å². The Hall–Kier alpha value is -3.46. The van der Waals surface area contributed by atoms with Crippen LogP contribution < -0.4 is 20.1 Å². The number of carbonyl (C=O) groups is 3. The van der Waals surface area contributed by atoms with Crippen LogP contribution in [0.5, 0.6) is 11.5 Å². The summed E-state index contributed by atoms with van der Waals surface area (Å²) in [5.41, 5.74) is 0.994. The van der Waals surface area contributed by atoms with Crippen molar-refractivity contribution in [2.24, 2.45) is 0 Å². The third kappa shape index (κ3) is 7.23. The van der Waals surface area contributed by atoms with Crippen LogP contribution in [0.25, 0.3) is 0 Å². The highest BCUT2D eigenvalue weighted by Gasteiger charge is 2.10. The predicted octanol–water partition coefficient (Wildman–Crippen LogP) is 3.01. The lowest BCUT2D eigenvalue weighted by molar-refractivity contribution is -0.131. The van der Waals surface area contributed by atoms with Crippen molar-refractivity contribution < 1.29 is 29.0 Å². The first-order valence-electron chi connectivity index (χ1n) is 8.38. The van der Waals surface area contributed by atoms with Crippen LogP contribution in [0.2, 0.25) is 0 Å². The third-order valence-electron chi connectivity index (χ3n) is 3.53. The van der Waals surface area contributed by atoms with Gasteiger partial charge in [0.1, 0.15) is 11.5 Å². The summed E-state index contributed by atoms with van der Waals surface area (Å²) in [6, 6.07) is 12.0. The minimum absolute atomic E-state index is 0.136. The molecule has 152 valence electrons. The largest absolute Gasteiger partial charge is 0.497 e. The first-order valence-corrected chi connectivity index (χ1v) is 9.36. The first-order chi connectivity index (χ1) is 13.9. The van der Waals surface area contributed by atoms with Crippen molar-refractivity contribution in [3.05, 3.63) is 54.6 Å². The molecular formula is C20H20N2O6S. The van der Waals surface area contributed by atoms with Gasteiger partial charge >= 0.3 is 5.97 Å². The second-order valence-corrected chi connectivity index (χ2v) is 6.64. The maximum Gasteiger partial charge on any atom is 0.328 e. The number of rotatable bonds is 9. The lowest BCUT2D eigenvalue weighted by Gasteiger charge is -2.12. The van der Waals surface area contributed by atoms with Crippen LogP contribution in [0, 0.1) is 0 Å². The number of ether oxygens (including phenoxy) is 2. The molecule has 0 aliphatic heterocycles. The lowest BCUT2D eigenvalue weighted by atomic mass is 10.2. The van der Waals surface area contributed by atoms with E-state index in [0.29, 0.717) is 22.9 Å². The molecule has 2 rings (SSSR count). The SMILES string of the molecule is COc1ccc(OC)c(NC(=O)CSc2cccc(NC(=O)/C=C/C(=O)O)c2)c1. The summed E-state index contributed by atoms with van der Waals surface area (Å²) in [6.07, 6.45) is 1.68. The molecule has 0 fully saturated rings. The van der Waals surface area contributed by atoms with Crippen molar-refractivity contribution in [2.45, 2.75) is 4.90 Å². The van der Waals surface area contributed by atoms with Gasteiger partial charge in [0.25, 0.3) is 0 Å². The third-order valence-corrected chi connectivity index (χ3v) is 4.52. The molecule has 2 aromatic rings. The predicted molar refractivity (Wildman–Crippen MR) is 111 cm³/mol. The number of benzene rings is 2. The first kappa shape index (κ1) is 21.8. The van der Waals surface area contributed by atoms with Gasteiger partial charge < -0.3 is 25.2 Å². The molecule has 0 heterocycles. The molecule has 2 amide bonds. The van der Waals surface area contributed by atoms with Gasteiger partial charge in [0.05, 0.1) is 25.7 Å². The summed E-state index contributed by atoms with van der Waals surface area (Å²) < 4.78 is 10.4. The Kier molecular flexibility index (Phi) is 8.11. The molecule has 0 unspecified atom stereocenters. The monoisotopic (exact) mass is 416 g/mol. The molecule has 2 aromatic carbocycles. The molecule has 0 bridgehead atoms. The highest BCUT2D eigenvalue weighted by Crippen LogP contribution is 2.29. The van der Waals surface area contributed by atoms with Gasteiger partial charge in [-0.1, -0.05) is 6.07 Å². The maximum atomic E-state index is 12.3. The van der Waals surface area contributed by atoms with E-state index in [4.69, 9.17) is 14.6 Å². The Balaban J connectivity index is 1.95. The minimum Gasteiger partial charge on any atom is -0.497 e. The molecule has 0 aliphatic rings. The van der Waals surface area contributed by atoms with E-state index in [9.17, 15) is 14.4 Å². The van der Waals surface area contributed by atoms with Crippen molar-refractivity contribution >= 4 is 40.9 Å². The molecule has 3 N–H and O–H groups in total. The number of amides is 2. The lowest BCUT2D eigenvalue weighted by Crippen LogP contribution is -2.14. The van der Waals surface area contributed by atoms with Crippen LogP contribution >= 0.6 is 11.8 Å². The van der Waals surface area contributed by atoms with E-state index < -0.39 is 11.9 Å². The Morgan fingerprint density at radius 1 is 1.03 bits per heavy atom. The van der Waals surface area contributed by atoms with E-state index in [1.165, 1.54) is 26.0 Å². The van der Waals surface area contributed by atoms with Crippen LogP contribution in [0.15, 0.2) is 59.5 Å². The maximum absolute atomic E-state index is 12.3. The van der Waals surface area contributed by atoms with Crippen molar-refractivity contribution in [3.8, 4) is 11.5 Å². The number of aliphatic carboxylic acids is 1. The number of carboxylic acids is 1. The summed E-state index contributed by atoms with van der Waals surface area (Å²) in [5, 5.41) is 13.9. The molecule has 0 atom stereocenters. The van der Waals surface area contributed by atoms with E-state index in [0.717, 1.165) is 17.0 Å². The zero-order chi connectivity index (χ0) is 21.2. The van der Waals surface area contributed by atoms with Crippen LogP contribution in [0.1, 0.15) is 0 Å². The fraction of sp³-hybridized carbons (Fsp3) is 0.150. The standard InChI is InChI=1S/C20H20N2O6S/c1-27-14-6-7-17(28-2)16(11-14)22-19(24)12-29-15-5-3-4-13(10-15)21-18(23)8-9-20(25)26/h3-11H,12H2,1-2H3,(H,21,23)(H,22,24)(H,25,26)/b9-8+. The highest BCUT2D eigenvalue weighted by atomic mass is 32.2. The molecule has 0 aromatic heterocycles. The van der Waals surface area contributed by atoms with Crippen molar-refractivity contribution in [3.63, 3.8) is 0 Å². The number of nitrogens with one attached hydrogen (secondary N) is 2. The van der Waals surface area contributed by atoms with Gasteiger partial charge in [0.2, 0.25) is 11.8 Å². The molecule has 0 spiro atoms. The van der Waals surface area contributed by atoms with E-state index in [1.54, 1.807) is 42.5 Å². The zero-order valence-electron chi connectivity index (χ0n) is 15.8. The quantitative estimate of drug-likeness (QED) is 0.425. The second kappa shape index (κ2) is 10.8. The molecule has 0 aliphatic carbocycles. The van der Waals surface area contributed by atoms with Gasteiger partial charge in [0, 0.05) is 28.8 Å². The minimum atomic E-state index is -1.21. The van der Waals surface area contributed by atoms with Gasteiger partial charge in [-0.25, -0.2) is 4.79 Å². The van der Waals surface area contributed by atoms with E-state index in [1.807, 2.05) is 0 Å². The number of carboxylic acid groups (broad SMARTS) is 1.